The lowest BCUT2D eigenvalue weighted by Crippen LogP contribution is -2.41. The predicted octanol–water partition coefficient (Wildman–Crippen LogP) is 2.39. The number of nitrogens with zero attached hydrogens (tertiary/aromatic N) is 1. The Bertz CT molecular complexity index is 511. The largest absolute Gasteiger partial charge is 0.484 e. The number of benzene rings is 1. The van der Waals surface area contributed by atoms with Crippen molar-refractivity contribution in [2.24, 2.45) is 0 Å². The lowest BCUT2D eigenvalue weighted by atomic mass is 10.1. The Morgan fingerprint density at radius 2 is 1.90 bits per heavy atom. The molecule has 5 heteroatoms. The van der Waals surface area contributed by atoms with E-state index >= 15 is 0 Å². The molecule has 0 bridgehead atoms. The third kappa shape index (κ3) is 5.45. The van der Waals surface area contributed by atoms with Crippen LogP contribution >= 0.6 is 0 Å². The molecular weight excluding hydrogens is 270 g/mol. The van der Waals surface area contributed by atoms with E-state index in [1.807, 2.05) is 45.9 Å². The molecule has 0 fully saturated rings. The van der Waals surface area contributed by atoms with Crippen molar-refractivity contribution in [3.05, 3.63) is 29.3 Å². The zero-order valence-corrected chi connectivity index (χ0v) is 13.0. The molecule has 0 aliphatic carbocycles. The van der Waals surface area contributed by atoms with Gasteiger partial charge in [-0.1, -0.05) is 6.07 Å². The van der Waals surface area contributed by atoms with Crippen LogP contribution in [0.5, 0.6) is 5.75 Å². The van der Waals surface area contributed by atoms with Crippen LogP contribution in [-0.2, 0) is 9.59 Å². The first-order chi connectivity index (χ1) is 9.81. The van der Waals surface area contributed by atoms with Crippen molar-refractivity contribution in [1.29, 1.82) is 0 Å². The molecule has 0 atom stereocenters. The SMILES string of the molecule is Cc1ccc(OCC(=O)N(CCC(=O)O)C(C)C)cc1C. The Labute approximate surface area is 125 Å². The van der Waals surface area contributed by atoms with Gasteiger partial charge in [0, 0.05) is 12.6 Å². The molecule has 1 amide bonds. The third-order valence-corrected chi connectivity index (χ3v) is 3.35. The molecule has 0 saturated carbocycles. The van der Waals surface area contributed by atoms with Gasteiger partial charge in [0.15, 0.2) is 6.61 Å². The molecule has 1 N–H and O–H groups in total. The maximum atomic E-state index is 12.1. The minimum absolute atomic E-state index is 0.0554. The maximum Gasteiger partial charge on any atom is 0.305 e. The van der Waals surface area contributed by atoms with E-state index in [-0.39, 0.29) is 31.5 Å². The van der Waals surface area contributed by atoms with E-state index in [0.29, 0.717) is 5.75 Å². The first-order valence-corrected chi connectivity index (χ1v) is 7.02. The van der Waals surface area contributed by atoms with Gasteiger partial charge in [0.2, 0.25) is 0 Å². The Balaban J connectivity index is 2.60. The molecule has 0 heterocycles. The average molecular weight is 293 g/mol. The van der Waals surface area contributed by atoms with Gasteiger partial charge in [-0.2, -0.15) is 0 Å². The molecule has 21 heavy (non-hydrogen) atoms. The van der Waals surface area contributed by atoms with E-state index in [1.165, 1.54) is 10.5 Å². The van der Waals surface area contributed by atoms with E-state index in [4.69, 9.17) is 9.84 Å². The predicted molar refractivity (Wildman–Crippen MR) is 80.5 cm³/mol. The third-order valence-electron chi connectivity index (χ3n) is 3.35. The van der Waals surface area contributed by atoms with Gasteiger partial charge < -0.3 is 14.7 Å². The second-order valence-electron chi connectivity index (χ2n) is 5.36. The number of carboxylic acids is 1. The molecule has 0 unspecified atom stereocenters. The van der Waals surface area contributed by atoms with Crippen molar-refractivity contribution in [3.8, 4) is 5.75 Å². The van der Waals surface area contributed by atoms with Crippen LogP contribution in [0, 0.1) is 13.8 Å². The normalized spacial score (nSPS) is 10.5. The van der Waals surface area contributed by atoms with Gasteiger partial charge in [0.25, 0.3) is 5.91 Å². The van der Waals surface area contributed by atoms with Crippen molar-refractivity contribution in [3.63, 3.8) is 0 Å². The molecule has 0 aliphatic rings. The second kappa shape index (κ2) is 7.67. The van der Waals surface area contributed by atoms with Crippen molar-refractivity contribution in [2.45, 2.75) is 40.2 Å². The molecule has 0 saturated heterocycles. The van der Waals surface area contributed by atoms with E-state index in [1.54, 1.807) is 0 Å². The highest BCUT2D eigenvalue weighted by atomic mass is 16.5. The number of aliphatic carboxylic acids is 1. The fourth-order valence-electron chi connectivity index (χ4n) is 1.92. The summed E-state index contributed by atoms with van der Waals surface area (Å²) in [7, 11) is 0. The molecule has 1 rings (SSSR count). The summed E-state index contributed by atoms with van der Waals surface area (Å²) in [6.07, 6.45) is -0.0619. The summed E-state index contributed by atoms with van der Waals surface area (Å²) in [6, 6.07) is 5.60. The van der Waals surface area contributed by atoms with Crippen LogP contribution in [0.2, 0.25) is 0 Å². The van der Waals surface area contributed by atoms with Gasteiger partial charge in [-0.05, 0) is 51.0 Å². The topological polar surface area (TPSA) is 66.8 Å². The number of aryl methyl sites for hydroxylation is 2. The fourth-order valence-corrected chi connectivity index (χ4v) is 1.92. The van der Waals surface area contributed by atoms with Crippen LogP contribution in [0.15, 0.2) is 18.2 Å². The number of carbonyl (C=O) groups is 2. The summed E-state index contributed by atoms with van der Waals surface area (Å²) in [5.41, 5.74) is 2.27. The first kappa shape index (κ1) is 17.0. The summed E-state index contributed by atoms with van der Waals surface area (Å²) in [6.45, 7) is 7.82. The van der Waals surface area contributed by atoms with Crippen molar-refractivity contribution >= 4 is 11.9 Å². The second-order valence-corrected chi connectivity index (χ2v) is 5.36. The van der Waals surface area contributed by atoms with Crippen LogP contribution in [0.1, 0.15) is 31.4 Å². The highest BCUT2D eigenvalue weighted by Gasteiger charge is 2.18. The lowest BCUT2D eigenvalue weighted by Gasteiger charge is -2.26. The molecule has 0 aromatic heterocycles. The van der Waals surface area contributed by atoms with Crippen LogP contribution in [0.25, 0.3) is 0 Å². The van der Waals surface area contributed by atoms with Crippen molar-refractivity contribution in [1.82, 2.24) is 4.90 Å². The first-order valence-electron chi connectivity index (χ1n) is 7.02. The van der Waals surface area contributed by atoms with Crippen molar-refractivity contribution < 1.29 is 19.4 Å². The molecule has 1 aromatic rings. The molecule has 1 aromatic carbocycles. The number of hydrogen-bond acceptors (Lipinski definition) is 3. The smallest absolute Gasteiger partial charge is 0.305 e. The zero-order valence-electron chi connectivity index (χ0n) is 13.0. The molecule has 0 spiro atoms. The highest BCUT2D eigenvalue weighted by molar-refractivity contribution is 5.78. The minimum Gasteiger partial charge on any atom is -0.484 e. The van der Waals surface area contributed by atoms with E-state index < -0.39 is 5.97 Å². The standard InChI is InChI=1S/C16H23NO4/c1-11(2)17(8-7-16(19)20)15(18)10-21-14-6-5-12(3)13(4)9-14/h5-6,9,11H,7-8,10H2,1-4H3,(H,19,20). The van der Waals surface area contributed by atoms with Gasteiger partial charge in [-0.25, -0.2) is 0 Å². The highest BCUT2D eigenvalue weighted by Crippen LogP contribution is 2.16. The van der Waals surface area contributed by atoms with Crippen molar-refractivity contribution in [2.75, 3.05) is 13.2 Å². The average Bonchev–Trinajstić information content (AvgIpc) is 2.39. The number of rotatable bonds is 7. The van der Waals surface area contributed by atoms with Gasteiger partial charge >= 0.3 is 5.97 Å². The van der Waals surface area contributed by atoms with Gasteiger partial charge in [0.1, 0.15) is 5.75 Å². The monoisotopic (exact) mass is 293 g/mol. The quantitative estimate of drug-likeness (QED) is 0.838. The minimum atomic E-state index is -0.913. The summed E-state index contributed by atoms with van der Waals surface area (Å²) in [5.74, 6) is -0.471. The molecular formula is C16H23NO4. The maximum absolute atomic E-state index is 12.1. The van der Waals surface area contributed by atoms with Crippen LogP contribution < -0.4 is 4.74 Å². The van der Waals surface area contributed by atoms with E-state index in [9.17, 15) is 9.59 Å². The molecule has 0 radical (unpaired) electrons. The molecule has 116 valence electrons. The Hall–Kier alpha value is -2.04. The number of ether oxygens (including phenoxy) is 1. The zero-order chi connectivity index (χ0) is 16.0. The summed E-state index contributed by atoms with van der Waals surface area (Å²) < 4.78 is 5.50. The Morgan fingerprint density at radius 3 is 2.43 bits per heavy atom. The van der Waals surface area contributed by atoms with Crippen LogP contribution in [0.3, 0.4) is 0 Å². The summed E-state index contributed by atoms with van der Waals surface area (Å²) in [5, 5.41) is 8.72. The Kier molecular flexibility index (Phi) is 6.21. The number of amides is 1. The van der Waals surface area contributed by atoms with Gasteiger partial charge in [0.05, 0.1) is 6.42 Å². The summed E-state index contributed by atoms with van der Waals surface area (Å²) >= 11 is 0. The van der Waals surface area contributed by atoms with Crippen LogP contribution in [-0.4, -0.2) is 41.1 Å². The van der Waals surface area contributed by atoms with E-state index in [2.05, 4.69) is 0 Å². The van der Waals surface area contributed by atoms with Gasteiger partial charge in [-0.15, -0.1) is 0 Å². The van der Waals surface area contributed by atoms with Gasteiger partial charge in [-0.3, -0.25) is 9.59 Å². The number of carboxylic acid groups (broad SMARTS) is 1. The molecule has 5 nitrogen and oxygen atoms in total. The summed E-state index contributed by atoms with van der Waals surface area (Å²) in [4.78, 5) is 24.3. The lowest BCUT2D eigenvalue weighted by molar-refractivity contribution is -0.139. The Morgan fingerprint density at radius 1 is 1.24 bits per heavy atom. The number of hydrogen-bond donors (Lipinski definition) is 1. The number of carbonyl (C=O) groups excluding carboxylic acids is 1. The van der Waals surface area contributed by atoms with Crippen LogP contribution in [0.4, 0.5) is 0 Å². The fraction of sp³-hybridized carbons (Fsp3) is 0.500. The molecule has 0 aliphatic heterocycles. The van der Waals surface area contributed by atoms with E-state index in [0.717, 1.165) is 5.56 Å².